The average Bonchev–Trinajstić information content (AvgIpc) is 3.29. The van der Waals surface area contributed by atoms with Gasteiger partial charge in [-0.3, -0.25) is 4.79 Å². The van der Waals surface area contributed by atoms with Crippen molar-refractivity contribution >= 4 is 33.3 Å². The highest BCUT2D eigenvalue weighted by Gasteiger charge is 2.24. The molecule has 9 heteroatoms. The first-order valence-electron chi connectivity index (χ1n) is 10.4. The number of benzene rings is 2. The quantitative estimate of drug-likeness (QED) is 0.667. The van der Waals surface area contributed by atoms with Crippen LogP contribution in [0.25, 0.3) is 0 Å². The van der Waals surface area contributed by atoms with Gasteiger partial charge in [-0.05, 0) is 68.1 Å². The Hall–Kier alpha value is -2.91. The van der Waals surface area contributed by atoms with E-state index in [0.717, 1.165) is 35.9 Å². The van der Waals surface area contributed by atoms with Gasteiger partial charge in [0.05, 0.1) is 28.9 Å². The third-order valence-electron chi connectivity index (χ3n) is 5.75. The van der Waals surface area contributed by atoms with Gasteiger partial charge in [0.25, 0.3) is 5.91 Å². The molecule has 2 aromatic rings. The summed E-state index contributed by atoms with van der Waals surface area (Å²) in [6, 6.07) is 8.13. The number of esters is 1. The largest absolute Gasteiger partial charge is 0.465 e. The van der Waals surface area contributed by atoms with Gasteiger partial charge in [-0.15, -0.1) is 0 Å². The Morgan fingerprint density at radius 2 is 1.69 bits per heavy atom. The lowest BCUT2D eigenvalue weighted by molar-refractivity contribution is 0.0600. The lowest BCUT2D eigenvalue weighted by Crippen LogP contribution is -2.24. The standard InChI is InChI=1S/C23H29N3O5S/c1-15-12-18(14-21(16(15)2)32(29,30)25(3)4)22(27)24-19-13-17(23(28)31-5)8-9-20(19)26-10-6-7-11-26/h8-9,12-14H,6-7,10-11H2,1-5H3,(H,24,27). The number of carbonyl (C=O) groups is 2. The van der Waals surface area contributed by atoms with Crippen molar-refractivity contribution in [3.8, 4) is 0 Å². The topological polar surface area (TPSA) is 96.0 Å². The monoisotopic (exact) mass is 459 g/mol. The van der Waals surface area contributed by atoms with Crippen molar-refractivity contribution in [1.29, 1.82) is 0 Å². The fourth-order valence-electron chi connectivity index (χ4n) is 3.73. The van der Waals surface area contributed by atoms with Crippen LogP contribution in [0.1, 0.15) is 44.7 Å². The molecule has 0 unspecified atom stereocenters. The molecule has 3 rings (SSSR count). The highest BCUT2D eigenvalue weighted by molar-refractivity contribution is 7.89. The van der Waals surface area contributed by atoms with Crippen LogP contribution in [0.5, 0.6) is 0 Å². The van der Waals surface area contributed by atoms with E-state index in [4.69, 9.17) is 4.74 Å². The number of nitrogens with one attached hydrogen (secondary N) is 1. The fourth-order valence-corrected chi connectivity index (χ4v) is 4.95. The maximum Gasteiger partial charge on any atom is 0.337 e. The number of rotatable bonds is 6. The minimum Gasteiger partial charge on any atom is -0.465 e. The summed E-state index contributed by atoms with van der Waals surface area (Å²) in [4.78, 5) is 27.5. The number of aryl methyl sites for hydroxylation is 1. The Balaban J connectivity index is 2.03. The van der Waals surface area contributed by atoms with Gasteiger partial charge in [0.15, 0.2) is 0 Å². The molecule has 0 radical (unpaired) electrons. The first kappa shape index (κ1) is 23.7. The number of carbonyl (C=O) groups excluding carboxylic acids is 2. The number of methoxy groups -OCH3 is 1. The number of anilines is 2. The van der Waals surface area contributed by atoms with Crippen LogP contribution in [0.2, 0.25) is 0 Å². The molecule has 32 heavy (non-hydrogen) atoms. The third-order valence-corrected chi connectivity index (χ3v) is 7.69. The van der Waals surface area contributed by atoms with Crippen LogP contribution in [-0.4, -0.2) is 58.9 Å². The summed E-state index contributed by atoms with van der Waals surface area (Å²) in [6.07, 6.45) is 2.10. The number of hydrogen-bond acceptors (Lipinski definition) is 6. The summed E-state index contributed by atoms with van der Waals surface area (Å²) in [5.74, 6) is -0.954. The molecule has 0 bridgehead atoms. The molecule has 1 amide bonds. The van der Waals surface area contributed by atoms with Crippen LogP contribution < -0.4 is 10.2 Å². The fraction of sp³-hybridized carbons (Fsp3) is 0.391. The number of ether oxygens (including phenoxy) is 1. The van der Waals surface area contributed by atoms with Crippen LogP contribution in [0, 0.1) is 13.8 Å². The molecule has 0 saturated carbocycles. The zero-order valence-electron chi connectivity index (χ0n) is 19.1. The Morgan fingerprint density at radius 3 is 2.28 bits per heavy atom. The van der Waals surface area contributed by atoms with Gasteiger partial charge in [0.1, 0.15) is 0 Å². The predicted octanol–water partition coefficient (Wildman–Crippen LogP) is 3.19. The molecule has 1 N–H and O–H groups in total. The van der Waals surface area contributed by atoms with Gasteiger partial charge in [0, 0.05) is 32.7 Å². The van der Waals surface area contributed by atoms with Gasteiger partial charge < -0.3 is 15.0 Å². The Labute approximate surface area is 189 Å². The van der Waals surface area contributed by atoms with Crippen LogP contribution in [0.4, 0.5) is 11.4 Å². The van der Waals surface area contributed by atoms with Gasteiger partial charge in [-0.25, -0.2) is 17.5 Å². The summed E-state index contributed by atoms with van der Waals surface area (Å²) in [6.45, 7) is 5.21. The van der Waals surface area contributed by atoms with Gasteiger partial charge >= 0.3 is 5.97 Å². The summed E-state index contributed by atoms with van der Waals surface area (Å²) in [5, 5.41) is 2.88. The first-order valence-corrected chi connectivity index (χ1v) is 11.8. The molecule has 0 atom stereocenters. The van der Waals surface area contributed by atoms with E-state index < -0.39 is 21.9 Å². The molecule has 8 nitrogen and oxygen atoms in total. The second kappa shape index (κ2) is 9.30. The van der Waals surface area contributed by atoms with E-state index in [0.29, 0.717) is 22.4 Å². The summed E-state index contributed by atoms with van der Waals surface area (Å²) < 4.78 is 31.5. The molecule has 1 heterocycles. The van der Waals surface area contributed by atoms with Crippen LogP contribution >= 0.6 is 0 Å². The SMILES string of the molecule is COC(=O)c1ccc(N2CCCC2)c(NC(=O)c2cc(C)c(C)c(S(=O)(=O)N(C)C)c2)c1. The zero-order chi connectivity index (χ0) is 23.6. The highest BCUT2D eigenvalue weighted by Crippen LogP contribution is 2.31. The summed E-state index contributed by atoms with van der Waals surface area (Å²) in [7, 11) is 0.496. The molecular formula is C23H29N3O5S. The van der Waals surface area contributed by atoms with Crippen molar-refractivity contribution in [3.05, 3.63) is 52.6 Å². The first-order chi connectivity index (χ1) is 15.1. The van der Waals surface area contributed by atoms with Crippen molar-refractivity contribution in [2.24, 2.45) is 0 Å². The van der Waals surface area contributed by atoms with Crippen molar-refractivity contribution in [1.82, 2.24) is 4.31 Å². The van der Waals surface area contributed by atoms with Crippen molar-refractivity contribution < 1.29 is 22.7 Å². The van der Waals surface area contributed by atoms with E-state index in [1.54, 1.807) is 38.1 Å². The maximum absolute atomic E-state index is 13.2. The van der Waals surface area contributed by atoms with Crippen molar-refractivity contribution in [2.75, 3.05) is 44.5 Å². The summed E-state index contributed by atoms with van der Waals surface area (Å²) >= 11 is 0. The Kier molecular flexibility index (Phi) is 6.90. The minimum atomic E-state index is -3.72. The van der Waals surface area contributed by atoms with Crippen molar-refractivity contribution in [2.45, 2.75) is 31.6 Å². The number of amides is 1. The van der Waals surface area contributed by atoms with E-state index in [9.17, 15) is 18.0 Å². The molecule has 1 saturated heterocycles. The molecule has 172 valence electrons. The lowest BCUT2D eigenvalue weighted by atomic mass is 10.1. The molecule has 0 spiro atoms. The van der Waals surface area contributed by atoms with E-state index in [1.165, 1.54) is 27.3 Å². The van der Waals surface area contributed by atoms with E-state index in [2.05, 4.69) is 10.2 Å². The highest BCUT2D eigenvalue weighted by atomic mass is 32.2. The normalized spacial score (nSPS) is 14.0. The predicted molar refractivity (Wildman–Crippen MR) is 124 cm³/mol. The second-order valence-electron chi connectivity index (χ2n) is 8.08. The van der Waals surface area contributed by atoms with Crippen LogP contribution in [0.3, 0.4) is 0 Å². The molecule has 0 aromatic heterocycles. The van der Waals surface area contributed by atoms with Gasteiger partial charge in [0.2, 0.25) is 10.0 Å². The van der Waals surface area contributed by atoms with E-state index in [1.807, 2.05) is 0 Å². The molecule has 1 aliphatic rings. The van der Waals surface area contributed by atoms with Crippen LogP contribution in [-0.2, 0) is 14.8 Å². The summed E-state index contributed by atoms with van der Waals surface area (Å²) in [5.41, 5.74) is 3.14. The number of hydrogen-bond donors (Lipinski definition) is 1. The maximum atomic E-state index is 13.2. The Bertz CT molecular complexity index is 1150. The lowest BCUT2D eigenvalue weighted by Gasteiger charge is -2.22. The Morgan fingerprint density at radius 1 is 1.03 bits per heavy atom. The molecule has 1 fully saturated rings. The average molecular weight is 460 g/mol. The van der Waals surface area contributed by atoms with Crippen LogP contribution in [0.15, 0.2) is 35.2 Å². The smallest absolute Gasteiger partial charge is 0.337 e. The van der Waals surface area contributed by atoms with Crippen molar-refractivity contribution in [3.63, 3.8) is 0 Å². The molecule has 2 aromatic carbocycles. The second-order valence-corrected chi connectivity index (χ2v) is 10.2. The van der Waals surface area contributed by atoms with Gasteiger partial charge in [-0.2, -0.15) is 0 Å². The van der Waals surface area contributed by atoms with E-state index in [-0.39, 0.29) is 10.5 Å². The third kappa shape index (κ3) is 4.63. The molecular weight excluding hydrogens is 430 g/mol. The van der Waals surface area contributed by atoms with Gasteiger partial charge in [-0.1, -0.05) is 0 Å². The zero-order valence-corrected chi connectivity index (χ0v) is 19.9. The minimum absolute atomic E-state index is 0.0933. The van der Waals surface area contributed by atoms with E-state index >= 15 is 0 Å². The number of nitrogens with zero attached hydrogens (tertiary/aromatic N) is 2. The molecule has 1 aliphatic heterocycles. The molecule has 0 aliphatic carbocycles. The number of sulfonamides is 1.